The largest absolute Gasteiger partial charge is 0.494 e. The highest BCUT2D eigenvalue weighted by Gasteiger charge is 2.22. The zero-order valence-corrected chi connectivity index (χ0v) is 15.8. The van der Waals surface area contributed by atoms with Crippen LogP contribution in [0.15, 0.2) is 47.6 Å². The first-order valence-electron chi connectivity index (χ1n) is 8.26. The molecule has 0 radical (unpaired) electrons. The molecule has 0 spiro atoms. The number of aryl methyl sites for hydroxylation is 1. The van der Waals surface area contributed by atoms with Crippen LogP contribution >= 0.6 is 0 Å². The lowest BCUT2D eigenvalue weighted by molar-refractivity contribution is -0.122. The highest BCUT2D eigenvalue weighted by atomic mass is 32.2. The van der Waals surface area contributed by atoms with Crippen molar-refractivity contribution in [3.8, 4) is 5.75 Å². The Morgan fingerprint density at radius 3 is 2.69 bits per heavy atom. The number of pyridine rings is 1. The maximum absolute atomic E-state index is 12.5. The number of aromatic nitrogens is 1. The fourth-order valence-electron chi connectivity index (χ4n) is 2.31. The zero-order valence-electron chi connectivity index (χ0n) is 15.0. The molecule has 2 aromatic rings. The second-order valence-corrected chi connectivity index (χ2v) is 7.50. The molecule has 0 saturated heterocycles. The van der Waals surface area contributed by atoms with E-state index >= 15 is 0 Å². The Balaban J connectivity index is 2.01. The van der Waals surface area contributed by atoms with E-state index in [2.05, 4.69) is 15.0 Å². The van der Waals surface area contributed by atoms with Gasteiger partial charge in [0, 0.05) is 18.9 Å². The van der Waals surface area contributed by atoms with Crippen molar-refractivity contribution in [1.29, 1.82) is 0 Å². The summed E-state index contributed by atoms with van der Waals surface area (Å²) >= 11 is 0. The summed E-state index contributed by atoms with van der Waals surface area (Å²) in [4.78, 5) is 16.2. The van der Waals surface area contributed by atoms with Crippen LogP contribution in [0.3, 0.4) is 0 Å². The molecule has 140 valence electrons. The van der Waals surface area contributed by atoms with Gasteiger partial charge in [-0.3, -0.25) is 9.78 Å². The first-order chi connectivity index (χ1) is 12.3. The number of rotatable bonds is 8. The topological polar surface area (TPSA) is 97.4 Å². The molecule has 7 nitrogen and oxygen atoms in total. The second kappa shape index (κ2) is 8.77. The van der Waals surface area contributed by atoms with E-state index in [0.29, 0.717) is 17.9 Å². The van der Waals surface area contributed by atoms with Gasteiger partial charge in [-0.1, -0.05) is 6.07 Å². The highest BCUT2D eigenvalue weighted by molar-refractivity contribution is 7.89. The number of carbonyl (C=O) groups is 1. The second-order valence-electron chi connectivity index (χ2n) is 5.78. The van der Waals surface area contributed by atoms with Crippen molar-refractivity contribution in [3.63, 3.8) is 0 Å². The van der Waals surface area contributed by atoms with Crippen LogP contribution in [0.5, 0.6) is 5.75 Å². The average molecular weight is 377 g/mol. The Morgan fingerprint density at radius 1 is 1.31 bits per heavy atom. The van der Waals surface area contributed by atoms with Crippen molar-refractivity contribution in [2.45, 2.75) is 38.3 Å². The third-order valence-electron chi connectivity index (χ3n) is 3.67. The minimum absolute atomic E-state index is 0.0883. The molecule has 0 fully saturated rings. The predicted molar refractivity (Wildman–Crippen MR) is 98.2 cm³/mol. The first kappa shape index (κ1) is 19.9. The number of nitrogens with one attached hydrogen (secondary N) is 2. The summed E-state index contributed by atoms with van der Waals surface area (Å²) in [7, 11) is -3.82. The van der Waals surface area contributed by atoms with Crippen molar-refractivity contribution in [2.24, 2.45) is 0 Å². The monoisotopic (exact) mass is 377 g/mol. The number of carbonyl (C=O) groups excluding carboxylic acids is 1. The molecule has 1 aromatic heterocycles. The zero-order chi connectivity index (χ0) is 19.2. The van der Waals surface area contributed by atoms with E-state index in [4.69, 9.17) is 4.74 Å². The van der Waals surface area contributed by atoms with Crippen LogP contribution in [0.25, 0.3) is 0 Å². The van der Waals surface area contributed by atoms with Crippen LogP contribution in [-0.4, -0.2) is 32.0 Å². The van der Waals surface area contributed by atoms with E-state index in [9.17, 15) is 13.2 Å². The molecule has 0 aliphatic carbocycles. The quantitative estimate of drug-likeness (QED) is 0.731. The number of hydrogen-bond acceptors (Lipinski definition) is 5. The summed E-state index contributed by atoms with van der Waals surface area (Å²) < 4.78 is 32.8. The van der Waals surface area contributed by atoms with Crippen LogP contribution in [0.1, 0.15) is 25.0 Å². The molecule has 0 saturated carbocycles. The minimum atomic E-state index is -3.82. The van der Waals surface area contributed by atoms with E-state index in [1.165, 1.54) is 19.1 Å². The summed E-state index contributed by atoms with van der Waals surface area (Å²) in [5.74, 6) is 0.216. The summed E-state index contributed by atoms with van der Waals surface area (Å²) in [5, 5.41) is 2.68. The molecule has 1 atom stereocenters. The van der Waals surface area contributed by atoms with Gasteiger partial charge in [-0.25, -0.2) is 8.42 Å². The van der Waals surface area contributed by atoms with Crippen LogP contribution in [-0.2, 0) is 21.4 Å². The highest BCUT2D eigenvalue weighted by Crippen LogP contribution is 2.21. The molecule has 1 amide bonds. The average Bonchev–Trinajstić information content (AvgIpc) is 2.62. The van der Waals surface area contributed by atoms with E-state index in [1.54, 1.807) is 31.5 Å². The first-order valence-corrected chi connectivity index (χ1v) is 9.74. The van der Waals surface area contributed by atoms with Crippen LogP contribution < -0.4 is 14.8 Å². The summed E-state index contributed by atoms with van der Waals surface area (Å²) in [6.45, 7) is 5.91. The van der Waals surface area contributed by atoms with Gasteiger partial charge in [0.2, 0.25) is 15.9 Å². The lowest BCUT2D eigenvalue weighted by Crippen LogP contribution is -2.44. The van der Waals surface area contributed by atoms with Crippen LogP contribution in [0.2, 0.25) is 0 Å². The third-order valence-corrected chi connectivity index (χ3v) is 5.21. The molecule has 1 heterocycles. The number of benzene rings is 1. The summed E-state index contributed by atoms with van der Waals surface area (Å²) in [6, 6.07) is 7.27. The predicted octanol–water partition coefficient (Wildman–Crippen LogP) is 1.77. The van der Waals surface area contributed by atoms with Gasteiger partial charge in [-0.15, -0.1) is 0 Å². The Kier molecular flexibility index (Phi) is 6.70. The van der Waals surface area contributed by atoms with E-state index < -0.39 is 22.0 Å². The molecule has 0 aliphatic rings. The Hall–Kier alpha value is -2.45. The van der Waals surface area contributed by atoms with E-state index in [1.807, 2.05) is 13.0 Å². The van der Waals surface area contributed by atoms with Crippen molar-refractivity contribution in [2.75, 3.05) is 6.61 Å². The number of sulfonamides is 1. The molecular formula is C18H23N3O4S. The van der Waals surface area contributed by atoms with E-state index in [-0.39, 0.29) is 11.4 Å². The van der Waals surface area contributed by atoms with Crippen molar-refractivity contribution in [3.05, 3.63) is 53.9 Å². The van der Waals surface area contributed by atoms with Gasteiger partial charge in [0.15, 0.2) is 0 Å². The van der Waals surface area contributed by atoms with Crippen LogP contribution in [0, 0.1) is 6.92 Å². The van der Waals surface area contributed by atoms with Crippen molar-refractivity contribution >= 4 is 15.9 Å². The van der Waals surface area contributed by atoms with Gasteiger partial charge in [0.05, 0.1) is 17.5 Å². The molecule has 1 aromatic carbocycles. The maximum Gasteiger partial charge on any atom is 0.241 e. The Labute approximate surface area is 153 Å². The number of nitrogens with zero attached hydrogens (tertiary/aromatic N) is 1. The van der Waals surface area contributed by atoms with Gasteiger partial charge in [-0.05, 0) is 56.2 Å². The van der Waals surface area contributed by atoms with E-state index in [0.717, 1.165) is 5.56 Å². The van der Waals surface area contributed by atoms with Crippen molar-refractivity contribution < 1.29 is 17.9 Å². The SMILES string of the molecule is CCOc1ccc(S(=O)(=O)NC(C)C(=O)NCc2cccnc2)cc1C. The molecule has 26 heavy (non-hydrogen) atoms. The smallest absolute Gasteiger partial charge is 0.241 e. The molecule has 0 bridgehead atoms. The lowest BCUT2D eigenvalue weighted by Gasteiger charge is -2.15. The molecule has 2 rings (SSSR count). The Bertz CT molecular complexity index is 854. The molecular weight excluding hydrogens is 354 g/mol. The third kappa shape index (κ3) is 5.27. The van der Waals surface area contributed by atoms with Gasteiger partial charge in [-0.2, -0.15) is 4.72 Å². The lowest BCUT2D eigenvalue weighted by atomic mass is 10.2. The maximum atomic E-state index is 12.5. The minimum Gasteiger partial charge on any atom is -0.494 e. The fraction of sp³-hybridized carbons (Fsp3) is 0.333. The van der Waals surface area contributed by atoms with Gasteiger partial charge in [0.25, 0.3) is 0 Å². The normalized spacial score (nSPS) is 12.4. The number of ether oxygens (including phenoxy) is 1. The fourth-order valence-corrected chi connectivity index (χ4v) is 3.59. The molecule has 8 heteroatoms. The van der Waals surface area contributed by atoms with Crippen molar-refractivity contribution in [1.82, 2.24) is 15.0 Å². The van der Waals surface area contributed by atoms with Crippen LogP contribution in [0.4, 0.5) is 0 Å². The Morgan fingerprint density at radius 2 is 2.08 bits per heavy atom. The number of hydrogen-bond donors (Lipinski definition) is 2. The standard InChI is InChI=1S/C18H23N3O4S/c1-4-25-17-8-7-16(10-13(17)2)26(23,24)21-14(3)18(22)20-12-15-6-5-9-19-11-15/h5-11,14,21H,4,12H2,1-3H3,(H,20,22). The summed E-state index contributed by atoms with van der Waals surface area (Å²) in [5.41, 5.74) is 1.54. The van der Waals surface area contributed by atoms with Gasteiger partial charge < -0.3 is 10.1 Å². The van der Waals surface area contributed by atoms with Gasteiger partial charge in [0.1, 0.15) is 5.75 Å². The molecule has 2 N–H and O–H groups in total. The number of amides is 1. The summed E-state index contributed by atoms with van der Waals surface area (Å²) in [6.07, 6.45) is 3.28. The molecule has 0 aliphatic heterocycles. The molecule has 1 unspecified atom stereocenters. The van der Waals surface area contributed by atoms with Gasteiger partial charge >= 0.3 is 0 Å².